The van der Waals surface area contributed by atoms with Crippen molar-refractivity contribution in [1.29, 1.82) is 0 Å². The number of hydrogen-bond acceptors (Lipinski definition) is 3. The maximum absolute atomic E-state index is 13.7. The third-order valence-corrected chi connectivity index (χ3v) is 3.13. The maximum atomic E-state index is 13.7. The topological polar surface area (TPSA) is 45.2 Å². The predicted molar refractivity (Wildman–Crippen MR) is 80.6 cm³/mol. The minimum absolute atomic E-state index is 0.00936. The van der Waals surface area contributed by atoms with Crippen LogP contribution in [0.2, 0.25) is 0 Å². The molecule has 0 atom stereocenters. The Morgan fingerprint density at radius 2 is 2.05 bits per heavy atom. The summed E-state index contributed by atoms with van der Waals surface area (Å²) in [7, 11) is 3.75. The summed E-state index contributed by atoms with van der Waals surface area (Å²) in [5, 5.41) is 2.61. The van der Waals surface area contributed by atoms with Crippen LogP contribution in [0, 0.1) is 5.82 Å². The summed E-state index contributed by atoms with van der Waals surface area (Å²) in [6.07, 6.45) is 1.53. The number of nitrogens with zero attached hydrogens (tertiary/aromatic N) is 2. The summed E-state index contributed by atoms with van der Waals surface area (Å²) < 4.78 is 14.2. The fraction of sp³-hybridized carbons (Fsp3) is 0.143. The highest BCUT2D eigenvalue weighted by Gasteiger charge is 2.12. The van der Waals surface area contributed by atoms with Crippen LogP contribution in [0.1, 0.15) is 10.4 Å². The van der Waals surface area contributed by atoms with Gasteiger partial charge in [0.15, 0.2) is 0 Å². The van der Waals surface area contributed by atoms with Crippen molar-refractivity contribution in [3.05, 3.63) is 52.4 Å². The molecule has 1 aromatic carbocycles. The molecule has 0 saturated carbocycles. The molecule has 1 aromatic heterocycles. The van der Waals surface area contributed by atoms with Gasteiger partial charge in [-0.2, -0.15) is 0 Å². The van der Waals surface area contributed by atoms with Crippen LogP contribution >= 0.6 is 15.9 Å². The van der Waals surface area contributed by atoms with Gasteiger partial charge in [-0.25, -0.2) is 9.37 Å². The van der Waals surface area contributed by atoms with Crippen molar-refractivity contribution in [2.45, 2.75) is 0 Å². The quantitative estimate of drug-likeness (QED) is 0.934. The lowest BCUT2D eigenvalue weighted by atomic mass is 10.2. The Kier molecular flexibility index (Phi) is 4.34. The van der Waals surface area contributed by atoms with Crippen LogP contribution in [0.25, 0.3) is 0 Å². The second-order valence-electron chi connectivity index (χ2n) is 4.38. The highest BCUT2D eigenvalue weighted by Crippen LogP contribution is 2.17. The largest absolute Gasteiger partial charge is 0.363 e. The molecule has 0 spiro atoms. The molecule has 1 N–H and O–H groups in total. The molecule has 6 heteroatoms. The Hall–Kier alpha value is -1.95. The van der Waals surface area contributed by atoms with E-state index in [1.807, 2.05) is 19.0 Å². The lowest BCUT2D eigenvalue weighted by molar-refractivity contribution is 0.102. The van der Waals surface area contributed by atoms with E-state index in [2.05, 4.69) is 26.2 Å². The highest BCUT2D eigenvalue weighted by molar-refractivity contribution is 9.10. The van der Waals surface area contributed by atoms with Crippen LogP contribution in [0.5, 0.6) is 0 Å². The Bertz CT molecular complexity index is 629. The number of pyridine rings is 1. The van der Waals surface area contributed by atoms with E-state index in [0.29, 0.717) is 10.2 Å². The Morgan fingerprint density at radius 1 is 1.30 bits per heavy atom. The summed E-state index contributed by atoms with van der Waals surface area (Å²) in [5.41, 5.74) is 0.507. The molecule has 0 aliphatic carbocycles. The van der Waals surface area contributed by atoms with Gasteiger partial charge in [0.25, 0.3) is 5.91 Å². The van der Waals surface area contributed by atoms with Gasteiger partial charge in [-0.05, 0) is 30.3 Å². The first-order valence-corrected chi connectivity index (χ1v) is 6.66. The first-order valence-electron chi connectivity index (χ1n) is 5.87. The van der Waals surface area contributed by atoms with Gasteiger partial charge in [0.05, 0.1) is 17.4 Å². The lowest BCUT2D eigenvalue weighted by Crippen LogP contribution is -2.15. The van der Waals surface area contributed by atoms with Crippen molar-refractivity contribution in [2.75, 3.05) is 24.3 Å². The van der Waals surface area contributed by atoms with Gasteiger partial charge in [0.1, 0.15) is 11.6 Å². The minimum atomic E-state index is -0.574. The highest BCUT2D eigenvalue weighted by atomic mass is 79.9. The van der Waals surface area contributed by atoms with Crippen LogP contribution in [0.15, 0.2) is 41.0 Å². The monoisotopic (exact) mass is 337 g/mol. The number of benzene rings is 1. The third kappa shape index (κ3) is 3.33. The fourth-order valence-corrected chi connectivity index (χ4v) is 1.93. The van der Waals surface area contributed by atoms with E-state index < -0.39 is 11.7 Å². The smallest absolute Gasteiger partial charge is 0.258 e. The number of amides is 1. The number of hydrogen-bond donors (Lipinski definition) is 1. The fourth-order valence-electron chi connectivity index (χ4n) is 1.60. The number of aromatic nitrogens is 1. The average Bonchev–Trinajstić information content (AvgIpc) is 2.39. The van der Waals surface area contributed by atoms with Crippen molar-refractivity contribution in [1.82, 2.24) is 4.98 Å². The summed E-state index contributed by atoms with van der Waals surface area (Å²) in [5.74, 6) is -0.304. The lowest BCUT2D eigenvalue weighted by Gasteiger charge is -2.11. The number of carbonyl (C=O) groups is 1. The van der Waals surface area contributed by atoms with E-state index in [9.17, 15) is 9.18 Å². The molecule has 104 valence electrons. The van der Waals surface area contributed by atoms with Crippen molar-refractivity contribution in [3.8, 4) is 0 Å². The zero-order valence-electron chi connectivity index (χ0n) is 11.0. The molecule has 0 aliphatic heterocycles. The molecule has 0 unspecified atom stereocenters. The molecular formula is C14H13BrFN3O. The van der Waals surface area contributed by atoms with Crippen molar-refractivity contribution in [3.63, 3.8) is 0 Å². The molecule has 0 bridgehead atoms. The molecule has 0 saturated heterocycles. The van der Waals surface area contributed by atoms with Gasteiger partial charge >= 0.3 is 0 Å². The van der Waals surface area contributed by atoms with Crippen molar-refractivity contribution < 1.29 is 9.18 Å². The van der Waals surface area contributed by atoms with Gasteiger partial charge in [0, 0.05) is 18.6 Å². The number of carbonyl (C=O) groups excluding carboxylic acids is 1. The van der Waals surface area contributed by atoms with Gasteiger partial charge < -0.3 is 10.2 Å². The summed E-state index contributed by atoms with van der Waals surface area (Å²) in [4.78, 5) is 18.0. The molecule has 2 aromatic rings. The minimum Gasteiger partial charge on any atom is -0.363 e. The molecular weight excluding hydrogens is 325 g/mol. The van der Waals surface area contributed by atoms with Crippen LogP contribution < -0.4 is 10.2 Å². The Labute approximate surface area is 124 Å². The van der Waals surface area contributed by atoms with Crippen molar-refractivity contribution >= 4 is 33.3 Å². The van der Waals surface area contributed by atoms with Crippen LogP contribution in [-0.4, -0.2) is 25.0 Å². The van der Waals surface area contributed by atoms with Crippen LogP contribution in [0.4, 0.5) is 15.9 Å². The number of anilines is 2. The summed E-state index contributed by atoms with van der Waals surface area (Å²) >= 11 is 3.15. The van der Waals surface area contributed by atoms with Gasteiger partial charge in [-0.3, -0.25) is 4.79 Å². The van der Waals surface area contributed by atoms with Crippen molar-refractivity contribution in [2.24, 2.45) is 0 Å². The third-order valence-electron chi connectivity index (χ3n) is 2.64. The van der Waals surface area contributed by atoms with Crippen LogP contribution in [-0.2, 0) is 0 Å². The van der Waals surface area contributed by atoms with E-state index in [0.717, 1.165) is 5.82 Å². The molecule has 1 heterocycles. The second-order valence-corrected chi connectivity index (χ2v) is 5.29. The molecule has 20 heavy (non-hydrogen) atoms. The molecule has 0 radical (unpaired) electrons. The van der Waals surface area contributed by atoms with Crippen LogP contribution in [0.3, 0.4) is 0 Å². The molecule has 0 fully saturated rings. The first kappa shape index (κ1) is 14.5. The van der Waals surface area contributed by atoms with Gasteiger partial charge in [-0.1, -0.05) is 15.9 Å². The second kappa shape index (κ2) is 6.00. The normalized spacial score (nSPS) is 10.2. The molecule has 2 rings (SSSR count). The number of rotatable bonds is 3. The van der Waals surface area contributed by atoms with E-state index >= 15 is 0 Å². The standard InChI is InChI=1S/C14H13BrFN3O/c1-19(2)13-6-4-10(8-17-13)18-14(20)11-5-3-9(15)7-12(11)16/h3-8H,1-2H3,(H,18,20). The van der Waals surface area contributed by atoms with Gasteiger partial charge in [0.2, 0.25) is 0 Å². The predicted octanol–water partition coefficient (Wildman–Crippen LogP) is 3.30. The van der Waals surface area contributed by atoms with E-state index in [-0.39, 0.29) is 5.56 Å². The SMILES string of the molecule is CN(C)c1ccc(NC(=O)c2ccc(Br)cc2F)cn1. The Morgan fingerprint density at radius 3 is 2.60 bits per heavy atom. The zero-order valence-corrected chi connectivity index (χ0v) is 12.6. The van der Waals surface area contributed by atoms with Gasteiger partial charge in [-0.15, -0.1) is 0 Å². The average molecular weight is 338 g/mol. The Balaban J connectivity index is 2.15. The number of nitrogens with one attached hydrogen (secondary N) is 1. The molecule has 1 amide bonds. The van der Waals surface area contributed by atoms with E-state index in [1.54, 1.807) is 18.2 Å². The zero-order chi connectivity index (χ0) is 14.7. The summed E-state index contributed by atoms with van der Waals surface area (Å²) in [6, 6.07) is 7.79. The van der Waals surface area contributed by atoms with E-state index in [1.165, 1.54) is 18.3 Å². The molecule has 4 nitrogen and oxygen atoms in total. The van der Waals surface area contributed by atoms with E-state index in [4.69, 9.17) is 0 Å². The maximum Gasteiger partial charge on any atom is 0.258 e. The number of halogens is 2. The summed E-state index contributed by atoms with van der Waals surface area (Å²) in [6.45, 7) is 0. The first-order chi connectivity index (χ1) is 9.47. The molecule has 0 aliphatic rings.